The largest absolute Gasteiger partial charge is 0.366 e. The molecule has 2 aromatic rings. The third kappa shape index (κ3) is 3.98. The molecule has 8 nitrogen and oxygen atoms in total. The summed E-state index contributed by atoms with van der Waals surface area (Å²) in [6.45, 7) is 2.25. The number of rotatable bonds is 4. The van der Waals surface area contributed by atoms with Crippen molar-refractivity contribution in [2.24, 2.45) is 0 Å². The van der Waals surface area contributed by atoms with Gasteiger partial charge in [-0.3, -0.25) is 19.7 Å². The Hall–Kier alpha value is -3.42. The highest BCUT2D eigenvalue weighted by Crippen LogP contribution is 2.33. The number of anilines is 1. The van der Waals surface area contributed by atoms with E-state index in [0.29, 0.717) is 18.8 Å². The summed E-state index contributed by atoms with van der Waals surface area (Å²) >= 11 is 0. The van der Waals surface area contributed by atoms with Crippen molar-refractivity contribution >= 4 is 23.2 Å². The van der Waals surface area contributed by atoms with Gasteiger partial charge >= 0.3 is 0 Å². The first-order valence-electron chi connectivity index (χ1n) is 10.2. The van der Waals surface area contributed by atoms with Gasteiger partial charge in [-0.1, -0.05) is 30.3 Å². The standard InChI is InChI=1S/C22H24N4O4/c27-21-15-19(16-6-2-1-3-7-16)25(13-10-23-21)22(28)17-8-9-18(20(14-17)26(29)30)24-11-4-5-12-24/h1-3,6-9,14,19H,4-5,10-13,15H2,(H,23,27)/t19-/m0/s1. The van der Waals surface area contributed by atoms with Gasteiger partial charge in [-0.05, 0) is 30.5 Å². The second-order valence-corrected chi connectivity index (χ2v) is 7.63. The van der Waals surface area contributed by atoms with Gasteiger partial charge in [-0.25, -0.2) is 0 Å². The molecule has 0 aromatic heterocycles. The minimum atomic E-state index is -0.424. The minimum absolute atomic E-state index is 0.0527. The van der Waals surface area contributed by atoms with Gasteiger partial charge in [0.25, 0.3) is 11.6 Å². The quantitative estimate of drug-likeness (QED) is 0.620. The molecule has 0 radical (unpaired) electrons. The van der Waals surface area contributed by atoms with E-state index in [0.717, 1.165) is 31.5 Å². The lowest BCUT2D eigenvalue weighted by Gasteiger charge is -2.30. The van der Waals surface area contributed by atoms with Crippen molar-refractivity contribution in [3.8, 4) is 0 Å². The van der Waals surface area contributed by atoms with Crippen LogP contribution < -0.4 is 10.2 Å². The van der Waals surface area contributed by atoms with Gasteiger partial charge in [0.15, 0.2) is 0 Å². The maximum Gasteiger partial charge on any atom is 0.293 e. The molecule has 2 fully saturated rings. The molecule has 2 aliphatic rings. The fourth-order valence-electron chi connectivity index (χ4n) is 4.24. The second kappa shape index (κ2) is 8.52. The summed E-state index contributed by atoms with van der Waals surface area (Å²) in [5, 5.41) is 14.5. The molecule has 0 bridgehead atoms. The van der Waals surface area contributed by atoms with Crippen LogP contribution in [-0.4, -0.2) is 47.8 Å². The smallest absolute Gasteiger partial charge is 0.293 e. The lowest BCUT2D eigenvalue weighted by Crippen LogP contribution is -2.36. The molecule has 30 heavy (non-hydrogen) atoms. The Morgan fingerprint density at radius 1 is 1.07 bits per heavy atom. The Bertz CT molecular complexity index is 957. The van der Waals surface area contributed by atoms with Crippen LogP contribution in [-0.2, 0) is 4.79 Å². The minimum Gasteiger partial charge on any atom is -0.366 e. The van der Waals surface area contributed by atoms with Gasteiger partial charge in [-0.15, -0.1) is 0 Å². The fourth-order valence-corrected chi connectivity index (χ4v) is 4.24. The molecule has 1 N–H and O–H groups in total. The summed E-state index contributed by atoms with van der Waals surface area (Å²) in [7, 11) is 0. The lowest BCUT2D eigenvalue weighted by atomic mass is 10.0. The second-order valence-electron chi connectivity index (χ2n) is 7.63. The first kappa shape index (κ1) is 19.9. The van der Waals surface area contributed by atoms with E-state index < -0.39 is 11.0 Å². The van der Waals surface area contributed by atoms with Crippen molar-refractivity contribution in [2.45, 2.75) is 25.3 Å². The molecule has 156 valence electrons. The van der Waals surface area contributed by atoms with Crippen LogP contribution in [0.3, 0.4) is 0 Å². The van der Waals surface area contributed by atoms with E-state index in [1.54, 1.807) is 17.0 Å². The van der Waals surface area contributed by atoms with E-state index in [2.05, 4.69) is 5.32 Å². The molecule has 0 unspecified atom stereocenters. The fraction of sp³-hybridized carbons (Fsp3) is 0.364. The highest BCUT2D eigenvalue weighted by Gasteiger charge is 2.32. The zero-order valence-corrected chi connectivity index (χ0v) is 16.6. The van der Waals surface area contributed by atoms with Crippen molar-refractivity contribution in [3.05, 3.63) is 69.8 Å². The average molecular weight is 408 g/mol. The number of carbonyl (C=O) groups is 2. The van der Waals surface area contributed by atoms with Crippen LogP contribution >= 0.6 is 0 Å². The van der Waals surface area contributed by atoms with Crippen LogP contribution in [0.15, 0.2) is 48.5 Å². The summed E-state index contributed by atoms with van der Waals surface area (Å²) in [4.78, 5) is 40.5. The van der Waals surface area contributed by atoms with E-state index >= 15 is 0 Å². The topological polar surface area (TPSA) is 95.8 Å². The molecule has 1 atom stereocenters. The van der Waals surface area contributed by atoms with Crippen molar-refractivity contribution in [1.82, 2.24) is 10.2 Å². The molecule has 2 amide bonds. The Labute approximate surface area is 174 Å². The van der Waals surface area contributed by atoms with Crippen LogP contribution in [0.5, 0.6) is 0 Å². The number of carbonyl (C=O) groups excluding carboxylic acids is 2. The molecule has 2 heterocycles. The molecule has 2 aromatic carbocycles. The summed E-state index contributed by atoms with van der Waals surface area (Å²) < 4.78 is 0. The molecular weight excluding hydrogens is 384 g/mol. The lowest BCUT2D eigenvalue weighted by molar-refractivity contribution is -0.384. The Kier molecular flexibility index (Phi) is 5.65. The van der Waals surface area contributed by atoms with Gasteiger partial charge in [0.05, 0.1) is 17.4 Å². The summed E-state index contributed by atoms with van der Waals surface area (Å²) in [5.41, 5.74) is 1.63. The van der Waals surface area contributed by atoms with E-state index in [-0.39, 0.29) is 29.5 Å². The van der Waals surface area contributed by atoms with Gasteiger partial charge in [-0.2, -0.15) is 0 Å². The average Bonchev–Trinajstić information content (AvgIpc) is 3.22. The van der Waals surface area contributed by atoms with Crippen molar-refractivity contribution in [1.29, 1.82) is 0 Å². The number of benzene rings is 2. The Morgan fingerprint density at radius 2 is 1.80 bits per heavy atom. The predicted molar refractivity (Wildman–Crippen MR) is 112 cm³/mol. The first-order valence-corrected chi connectivity index (χ1v) is 10.2. The maximum atomic E-state index is 13.4. The van der Waals surface area contributed by atoms with Crippen LogP contribution in [0, 0.1) is 10.1 Å². The number of hydrogen-bond acceptors (Lipinski definition) is 5. The predicted octanol–water partition coefficient (Wildman–Crippen LogP) is 2.90. The zero-order valence-electron chi connectivity index (χ0n) is 16.6. The van der Waals surface area contributed by atoms with Crippen molar-refractivity contribution in [2.75, 3.05) is 31.1 Å². The molecule has 2 saturated heterocycles. The molecule has 0 saturated carbocycles. The van der Waals surface area contributed by atoms with Crippen LogP contribution in [0.4, 0.5) is 11.4 Å². The molecule has 0 aliphatic carbocycles. The summed E-state index contributed by atoms with van der Waals surface area (Å²) in [5.74, 6) is -0.425. The number of hydrogen-bond donors (Lipinski definition) is 1. The Morgan fingerprint density at radius 3 is 2.50 bits per heavy atom. The molecule has 0 spiro atoms. The molecule has 2 aliphatic heterocycles. The van der Waals surface area contributed by atoms with E-state index in [1.807, 2.05) is 35.2 Å². The number of amides is 2. The Balaban J connectivity index is 1.68. The summed E-state index contributed by atoms with van der Waals surface area (Å²) in [6, 6.07) is 13.7. The highest BCUT2D eigenvalue weighted by molar-refractivity contribution is 5.96. The van der Waals surface area contributed by atoms with Crippen molar-refractivity contribution in [3.63, 3.8) is 0 Å². The van der Waals surface area contributed by atoms with Gasteiger partial charge in [0.2, 0.25) is 5.91 Å². The maximum absolute atomic E-state index is 13.4. The van der Waals surface area contributed by atoms with Gasteiger partial charge in [0.1, 0.15) is 5.69 Å². The number of nitro benzene ring substituents is 1. The molecule has 4 rings (SSSR count). The number of nitrogens with zero attached hydrogens (tertiary/aromatic N) is 3. The van der Waals surface area contributed by atoms with Gasteiger partial charge in [0, 0.05) is 37.8 Å². The van der Waals surface area contributed by atoms with Gasteiger partial charge < -0.3 is 15.1 Å². The monoisotopic (exact) mass is 408 g/mol. The van der Waals surface area contributed by atoms with Crippen LogP contribution in [0.2, 0.25) is 0 Å². The molecular formula is C22H24N4O4. The number of nitro groups is 1. The van der Waals surface area contributed by atoms with E-state index in [4.69, 9.17) is 0 Å². The zero-order chi connectivity index (χ0) is 21.1. The van der Waals surface area contributed by atoms with Crippen LogP contribution in [0.25, 0.3) is 0 Å². The normalized spacial score (nSPS) is 19.3. The number of nitrogens with one attached hydrogen (secondary N) is 1. The molecule has 8 heteroatoms. The highest BCUT2D eigenvalue weighted by atomic mass is 16.6. The third-order valence-electron chi connectivity index (χ3n) is 5.74. The van der Waals surface area contributed by atoms with Crippen molar-refractivity contribution < 1.29 is 14.5 Å². The SMILES string of the molecule is O=C1C[C@@H](c2ccccc2)N(C(=O)c2ccc(N3CCCC3)c([N+](=O)[O-])c2)CCN1. The summed E-state index contributed by atoms with van der Waals surface area (Å²) in [6.07, 6.45) is 2.17. The first-order chi connectivity index (χ1) is 14.5. The van der Waals surface area contributed by atoms with E-state index in [1.165, 1.54) is 6.07 Å². The van der Waals surface area contributed by atoms with Crippen LogP contribution in [0.1, 0.15) is 41.2 Å². The third-order valence-corrected chi connectivity index (χ3v) is 5.74. The van der Waals surface area contributed by atoms with E-state index in [9.17, 15) is 19.7 Å².